The second kappa shape index (κ2) is 4.50. The molecule has 0 N–H and O–H groups in total. The van der Waals surface area contributed by atoms with E-state index in [1.165, 1.54) is 0 Å². The van der Waals surface area contributed by atoms with E-state index in [0.29, 0.717) is 18.7 Å². The Bertz CT molecular complexity index is 306. The van der Waals surface area contributed by atoms with E-state index < -0.39 is 0 Å². The van der Waals surface area contributed by atoms with Gasteiger partial charge < -0.3 is 0 Å². The molecule has 3 heteroatoms. The highest BCUT2D eigenvalue weighted by Crippen LogP contribution is 2.04. The SMILES string of the molecule is C=C(C)CCC(=O)c1ncccn1. The number of aromatic nitrogens is 2. The molecule has 68 valence electrons. The fraction of sp³-hybridized carbons (Fsp3) is 0.300. The molecule has 13 heavy (non-hydrogen) atoms. The second-order valence-electron chi connectivity index (χ2n) is 2.95. The Morgan fingerprint density at radius 3 is 2.54 bits per heavy atom. The zero-order chi connectivity index (χ0) is 9.68. The number of hydrogen-bond donors (Lipinski definition) is 0. The van der Waals surface area contributed by atoms with E-state index in [2.05, 4.69) is 16.5 Å². The molecule has 0 unspecified atom stereocenters. The summed E-state index contributed by atoms with van der Waals surface area (Å²) < 4.78 is 0. The average Bonchev–Trinajstić information content (AvgIpc) is 2.15. The zero-order valence-corrected chi connectivity index (χ0v) is 7.66. The average molecular weight is 176 g/mol. The minimum Gasteiger partial charge on any atom is -0.291 e. The van der Waals surface area contributed by atoms with Gasteiger partial charge in [-0.05, 0) is 19.4 Å². The van der Waals surface area contributed by atoms with Crippen molar-refractivity contribution >= 4 is 5.78 Å². The molecule has 0 bridgehead atoms. The third kappa shape index (κ3) is 3.15. The molecule has 0 saturated heterocycles. The van der Waals surface area contributed by atoms with Crippen molar-refractivity contribution in [1.82, 2.24) is 9.97 Å². The van der Waals surface area contributed by atoms with Crippen LogP contribution in [0.2, 0.25) is 0 Å². The Labute approximate surface area is 77.5 Å². The summed E-state index contributed by atoms with van der Waals surface area (Å²) in [6.07, 6.45) is 4.29. The first-order valence-corrected chi connectivity index (χ1v) is 4.15. The fourth-order valence-electron chi connectivity index (χ4n) is 0.882. The Balaban J connectivity index is 2.54. The number of rotatable bonds is 4. The van der Waals surface area contributed by atoms with Gasteiger partial charge in [-0.1, -0.05) is 5.57 Å². The van der Waals surface area contributed by atoms with Crippen LogP contribution < -0.4 is 0 Å². The first kappa shape index (κ1) is 9.58. The van der Waals surface area contributed by atoms with Crippen molar-refractivity contribution in [3.8, 4) is 0 Å². The Morgan fingerprint density at radius 2 is 2.00 bits per heavy atom. The number of carbonyl (C=O) groups is 1. The van der Waals surface area contributed by atoms with Gasteiger partial charge in [-0.2, -0.15) is 0 Å². The van der Waals surface area contributed by atoms with Crippen molar-refractivity contribution in [3.05, 3.63) is 36.4 Å². The van der Waals surface area contributed by atoms with Gasteiger partial charge in [-0.25, -0.2) is 9.97 Å². The number of allylic oxidation sites excluding steroid dienone is 1. The zero-order valence-electron chi connectivity index (χ0n) is 7.66. The lowest BCUT2D eigenvalue weighted by Gasteiger charge is -1.97. The number of Topliss-reactive ketones (excluding diaryl/α,β-unsaturated/α-hetero) is 1. The molecule has 0 aliphatic heterocycles. The highest BCUT2D eigenvalue weighted by atomic mass is 16.1. The lowest BCUT2D eigenvalue weighted by molar-refractivity contribution is 0.0972. The molecule has 1 aromatic heterocycles. The Kier molecular flexibility index (Phi) is 3.31. The van der Waals surface area contributed by atoms with Crippen molar-refractivity contribution in [3.63, 3.8) is 0 Å². The van der Waals surface area contributed by atoms with Crippen LogP contribution in [0, 0.1) is 0 Å². The van der Waals surface area contributed by atoms with Gasteiger partial charge in [0.15, 0.2) is 11.6 Å². The molecule has 0 radical (unpaired) electrons. The summed E-state index contributed by atoms with van der Waals surface area (Å²) in [6.45, 7) is 5.63. The topological polar surface area (TPSA) is 42.9 Å². The molecule has 1 rings (SSSR count). The first-order valence-electron chi connectivity index (χ1n) is 4.15. The van der Waals surface area contributed by atoms with Crippen LogP contribution in [-0.2, 0) is 0 Å². The summed E-state index contributed by atoms with van der Waals surface area (Å²) in [4.78, 5) is 19.1. The second-order valence-corrected chi connectivity index (χ2v) is 2.95. The maximum atomic E-state index is 11.4. The van der Waals surface area contributed by atoms with Crippen LogP contribution in [0.3, 0.4) is 0 Å². The van der Waals surface area contributed by atoms with Crippen LogP contribution in [0.5, 0.6) is 0 Å². The van der Waals surface area contributed by atoms with E-state index in [1.54, 1.807) is 18.5 Å². The van der Waals surface area contributed by atoms with Crippen LogP contribution in [0.15, 0.2) is 30.6 Å². The summed E-state index contributed by atoms with van der Waals surface area (Å²) in [5, 5.41) is 0. The van der Waals surface area contributed by atoms with Gasteiger partial charge in [-0.3, -0.25) is 4.79 Å². The summed E-state index contributed by atoms with van der Waals surface area (Å²) >= 11 is 0. The van der Waals surface area contributed by atoms with Gasteiger partial charge >= 0.3 is 0 Å². The molecule has 1 heterocycles. The molecule has 0 atom stereocenters. The molecule has 1 aromatic rings. The molecule has 0 aliphatic carbocycles. The highest BCUT2D eigenvalue weighted by Gasteiger charge is 2.06. The van der Waals surface area contributed by atoms with Gasteiger partial charge in [0.05, 0.1) is 0 Å². The van der Waals surface area contributed by atoms with Crippen molar-refractivity contribution < 1.29 is 4.79 Å². The van der Waals surface area contributed by atoms with Crippen LogP contribution >= 0.6 is 0 Å². The van der Waals surface area contributed by atoms with E-state index in [1.807, 2.05) is 6.92 Å². The van der Waals surface area contributed by atoms with E-state index in [0.717, 1.165) is 5.57 Å². The molecule has 3 nitrogen and oxygen atoms in total. The quantitative estimate of drug-likeness (QED) is 0.520. The summed E-state index contributed by atoms with van der Waals surface area (Å²) in [5.74, 6) is 0.271. The maximum absolute atomic E-state index is 11.4. The lowest BCUT2D eigenvalue weighted by Crippen LogP contribution is -2.04. The van der Waals surface area contributed by atoms with Crippen molar-refractivity contribution in [2.45, 2.75) is 19.8 Å². The summed E-state index contributed by atoms with van der Waals surface area (Å²) in [6, 6.07) is 1.69. The number of ketones is 1. The van der Waals surface area contributed by atoms with Crippen LogP contribution in [-0.4, -0.2) is 15.8 Å². The standard InChI is InChI=1S/C10H12N2O/c1-8(2)4-5-9(13)10-11-6-3-7-12-10/h3,6-7H,1,4-5H2,2H3. The minimum absolute atomic E-state index is 0.0244. The normalized spacial score (nSPS) is 9.62. The molecule has 0 saturated carbocycles. The van der Waals surface area contributed by atoms with Crippen molar-refractivity contribution in [2.24, 2.45) is 0 Å². The minimum atomic E-state index is -0.0244. The largest absolute Gasteiger partial charge is 0.291 e. The van der Waals surface area contributed by atoms with Crippen LogP contribution in [0.1, 0.15) is 30.4 Å². The molecular formula is C10H12N2O. The number of carbonyl (C=O) groups excluding carboxylic acids is 1. The monoisotopic (exact) mass is 176 g/mol. The molecule has 0 spiro atoms. The maximum Gasteiger partial charge on any atom is 0.200 e. The van der Waals surface area contributed by atoms with E-state index in [4.69, 9.17) is 0 Å². The molecule has 0 aliphatic rings. The first-order chi connectivity index (χ1) is 6.20. The van der Waals surface area contributed by atoms with Crippen LogP contribution in [0.4, 0.5) is 0 Å². The molecule has 0 fully saturated rings. The number of nitrogens with zero attached hydrogens (tertiary/aromatic N) is 2. The van der Waals surface area contributed by atoms with Gasteiger partial charge in [0.25, 0.3) is 0 Å². The van der Waals surface area contributed by atoms with Gasteiger partial charge in [-0.15, -0.1) is 6.58 Å². The Morgan fingerprint density at radius 1 is 1.38 bits per heavy atom. The van der Waals surface area contributed by atoms with Crippen LogP contribution in [0.25, 0.3) is 0 Å². The predicted molar refractivity (Wildman–Crippen MR) is 50.4 cm³/mol. The molecule has 0 amide bonds. The molecular weight excluding hydrogens is 164 g/mol. The highest BCUT2D eigenvalue weighted by molar-refractivity contribution is 5.92. The van der Waals surface area contributed by atoms with E-state index in [9.17, 15) is 4.79 Å². The van der Waals surface area contributed by atoms with Gasteiger partial charge in [0.2, 0.25) is 0 Å². The smallest absolute Gasteiger partial charge is 0.200 e. The fourth-order valence-corrected chi connectivity index (χ4v) is 0.882. The predicted octanol–water partition coefficient (Wildman–Crippen LogP) is 2.02. The lowest BCUT2D eigenvalue weighted by atomic mass is 10.1. The third-order valence-electron chi connectivity index (χ3n) is 1.59. The van der Waals surface area contributed by atoms with Gasteiger partial charge in [0.1, 0.15) is 0 Å². The summed E-state index contributed by atoms with van der Waals surface area (Å²) in [5.41, 5.74) is 1.00. The van der Waals surface area contributed by atoms with E-state index in [-0.39, 0.29) is 5.78 Å². The van der Waals surface area contributed by atoms with Gasteiger partial charge in [0, 0.05) is 18.8 Å². The van der Waals surface area contributed by atoms with Crippen molar-refractivity contribution in [1.29, 1.82) is 0 Å². The number of hydrogen-bond acceptors (Lipinski definition) is 3. The van der Waals surface area contributed by atoms with Crippen molar-refractivity contribution in [2.75, 3.05) is 0 Å². The summed E-state index contributed by atoms with van der Waals surface area (Å²) in [7, 11) is 0. The van der Waals surface area contributed by atoms with E-state index >= 15 is 0 Å². The Hall–Kier alpha value is -1.51. The third-order valence-corrected chi connectivity index (χ3v) is 1.59. The molecule has 0 aromatic carbocycles.